The molecule has 0 aliphatic carbocycles. The van der Waals surface area contributed by atoms with Gasteiger partial charge in [-0.15, -0.1) is 11.3 Å². The molecule has 1 rings (SSSR count). The number of nitrogens with one attached hydrogen (secondary N) is 1. The fraction of sp³-hybridized carbons (Fsp3) is 0.667. The maximum atomic E-state index is 12.0. The van der Waals surface area contributed by atoms with E-state index in [2.05, 4.69) is 34.5 Å². The summed E-state index contributed by atoms with van der Waals surface area (Å²) >= 11 is 4.56. The van der Waals surface area contributed by atoms with Gasteiger partial charge in [0.2, 0.25) is 10.0 Å². The van der Waals surface area contributed by atoms with Gasteiger partial charge in [0.15, 0.2) is 0 Å². The van der Waals surface area contributed by atoms with Crippen LogP contribution in [0.15, 0.2) is 14.1 Å². The van der Waals surface area contributed by atoms with E-state index in [0.717, 1.165) is 9.35 Å². The third kappa shape index (κ3) is 5.91. The van der Waals surface area contributed by atoms with Crippen LogP contribution < -0.4 is 4.72 Å². The largest absolute Gasteiger partial charge is 0.381 e. The van der Waals surface area contributed by atoms with Gasteiger partial charge in [-0.05, 0) is 46.8 Å². The topological polar surface area (TPSA) is 55.4 Å². The lowest BCUT2D eigenvalue weighted by Crippen LogP contribution is -2.25. The Morgan fingerprint density at radius 2 is 2.16 bits per heavy atom. The number of halogens is 1. The molecule has 110 valence electrons. The second-order valence-corrected chi connectivity index (χ2v) is 9.11. The Morgan fingerprint density at radius 3 is 2.68 bits per heavy atom. The number of thiophene rings is 1. The molecule has 0 amide bonds. The number of hydrogen-bond acceptors (Lipinski definition) is 4. The first-order chi connectivity index (χ1) is 8.83. The molecule has 7 heteroatoms. The minimum absolute atomic E-state index is 0.347. The molecular formula is C12H20BrNO3S2. The molecule has 0 unspecified atom stereocenters. The summed E-state index contributed by atoms with van der Waals surface area (Å²) in [6.45, 7) is 7.73. The van der Waals surface area contributed by atoms with Crippen LogP contribution in [0.1, 0.15) is 25.8 Å². The Hall–Kier alpha value is 0.0500. The summed E-state index contributed by atoms with van der Waals surface area (Å²) in [4.78, 5) is 0. The smallest absolute Gasteiger partial charge is 0.250 e. The van der Waals surface area contributed by atoms with Crippen molar-refractivity contribution in [2.45, 2.75) is 31.4 Å². The predicted octanol–water partition coefficient (Wildman–Crippen LogP) is 3.16. The zero-order valence-electron chi connectivity index (χ0n) is 11.4. The third-order valence-electron chi connectivity index (χ3n) is 2.31. The summed E-state index contributed by atoms with van der Waals surface area (Å²) in [7, 11) is -3.38. The van der Waals surface area contributed by atoms with Crippen LogP contribution in [0.25, 0.3) is 0 Å². The first-order valence-electron chi connectivity index (χ1n) is 6.16. The summed E-state index contributed by atoms with van der Waals surface area (Å²) in [5.74, 6) is 0.503. The van der Waals surface area contributed by atoms with Crippen molar-refractivity contribution >= 4 is 37.3 Å². The Labute approximate surface area is 127 Å². The second kappa shape index (κ2) is 7.73. The summed E-state index contributed by atoms with van der Waals surface area (Å²) < 4.78 is 33.1. The van der Waals surface area contributed by atoms with E-state index in [1.54, 1.807) is 6.07 Å². The van der Waals surface area contributed by atoms with Gasteiger partial charge in [-0.1, -0.05) is 13.8 Å². The highest BCUT2D eigenvalue weighted by atomic mass is 79.9. The predicted molar refractivity (Wildman–Crippen MR) is 82.2 cm³/mol. The van der Waals surface area contributed by atoms with E-state index < -0.39 is 10.0 Å². The van der Waals surface area contributed by atoms with Crippen molar-refractivity contribution in [3.63, 3.8) is 0 Å². The lowest BCUT2D eigenvalue weighted by atomic mass is 10.2. The van der Waals surface area contributed by atoms with Gasteiger partial charge in [-0.2, -0.15) is 0 Å². The number of sulfonamides is 1. The molecule has 0 saturated carbocycles. The molecule has 0 aliphatic heterocycles. The normalized spacial score (nSPS) is 12.3. The van der Waals surface area contributed by atoms with E-state index in [9.17, 15) is 8.42 Å². The van der Waals surface area contributed by atoms with E-state index in [1.165, 1.54) is 11.3 Å². The van der Waals surface area contributed by atoms with E-state index in [0.29, 0.717) is 36.3 Å². The van der Waals surface area contributed by atoms with Crippen LogP contribution in [0, 0.1) is 12.8 Å². The van der Waals surface area contributed by atoms with Gasteiger partial charge in [0.25, 0.3) is 0 Å². The molecule has 0 spiro atoms. The number of rotatable bonds is 8. The first-order valence-corrected chi connectivity index (χ1v) is 9.25. The van der Waals surface area contributed by atoms with Gasteiger partial charge in [0.1, 0.15) is 4.21 Å². The molecule has 0 fully saturated rings. The zero-order valence-corrected chi connectivity index (χ0v) is 14.6. The molecule has 0 bridgehead atoms. The van der Waals surface area contributed by atoms with Gasteiger partial charge in [-0.3, -0.25) is 0 Å². The average Bonchev–Trinajstić information content (AvgIpc) is 2.64. The molecule has 1 aromatic heterocycles. The summed E-state index contributed by atoms with van der Waals surface area (Å²) in [6, 6.07) is 1.67. The maximum Gasteiger partial charge on any atom is 0.250 e. The lowest BCUT2D eigenvalue weighted by Gasteiger charge is -2.07. The average molecular weight is 370 g/mol. The van der Waals surface area contributed by atoms with Crippen molar-refractivity contribution in [3.8, 4) is 0 Å². The summed E-state index contributed by atoms with van der Waals surface area (Å²) in [5.41, 5.74) is 0.936. The minimum atomic E-state index is -3.38. The van der Waals surface area contributed by atoms with Crippen molar-refractivity contribution in [2.75, 3.05) is 19.8 Å². The maximum absolute atomic E-state index is 12.0. The molecule has 0 atom stereocenters. The number of hydrogen-bond donors (Lipinski definition) is 1. The number of ether oxygens (including phenoxy) is 1. The van der Waals surface area contributed by atoms with Crippen molar-refractivity contribution in [1.82, 2.24) is 4.72 Å². The monoisotopic (exact) mass is 369 g/mol. The molecule has 4 nitrogen and oxygen atoms in total. The Kier molecular flexibility index (Phi) is 6.96. The number of aryl methyl sites for hydroxylation is 1. The van der Waals surface area contributed by atoms with Crippen LogP contribution in [0.2, 0.25) is 0 Å². The van der Waals surface area contributed by atoms with E-state index in [4.69, 9.17) is 4.74 Å². The Morgan fingerprint density at radius 1 is 1.47 bits per heavy atom. The van der Waals surface area contributed by atoms with Gasteiger partial charge >= 0.3 is 0 Å². The molecule has 1 N–H and O–H groups in total. The minimum Gasteiger partial charge on any atom is -0.381 e. The van der Waals surface area contributed by atoms with Crippen LogP contribution in [0.4, 0.5) is 0 Å². The fourth-order valence-electron chi connectivity index (χ4n) is 1.34. The zero-order chi connectivity index (χ0) is 14.5. The summed E-state index contributed by atoms with van der Waals surface area (Å²) in [5, 5.41) is 0. The molecule has 0 aromatic carbocycles. The van der Waals surface area contributed by atoms with Gasteiger partial charge < -0.3 is 4.74 Å². The molecule has 0 radical (unpaired) electrons. The van der Waals surface area contributed by atoms with E-state index in [1.807, 2.05) is 6.92 Å². The Bertz CT molecular complexity index is 478. The van der Waals surface area contributed by atoms with E-state index in [-0.39, 0.29) is 0 Å². The van der Waals surface area contributed by atoms with Crippen molar-refractivity contribution < 1.29 is 13.2 Å². The highest BCUT2D eigenvalue weighted by molar-refractivity contribution is 9.11. The Balaban J connectivity index is 2.36. The van der Waals surface area contributed by atoms with Crippen LogP contribution in [0.3, 0.4) is 0 Å². The van der Waals surface area contributed by atoms with Crippen molar-refractivity contribution in [3.05, 3.63) is 15.4 Å². The van der Waals surface area contributed by atoms with Crippen LogP contribution in [-0.2, 0) is 14.8 Å². The molecule has 0 saturated heterocycles. The molecule has 1 heterocycles. The molecule has 0 aliphatic rings. The highest BCUT2D eigenvalue weighted by Gasteiger charge is 2.17. The van der Waals surface area contributed by atoms with Crippen molar-refractivity contribution in [1.29, 1.82) is 0 Å². The second-order valence-electron chi connectivity index (χ2n) is 4.74. The molecular weight excluding hydrogens is 350 g/mol. The SMILES string of the molecule is Cc1cc(S(=O)(=O)NCCCOCC(C)C)sc1Br. The van der Waals surface area contributed by atoms with E-state index >= 15 is 0 Å². The van der Waals surface area contributed by atoms with Crippen molar-refractivity contribution in [2.24, 2.45) is 5.92 Å². The first kappa shape index (κ1) is 17.1. The summed E-state index contributed by atoms with van der Waals surface area (Å²) in [6.07, 6.45) is 0.678. The molecule has 19 heavy (non-hydrogen) atoms. The van der Waals surface area contributed by atoms with Gasteiger partial charge in [0.05, 0.1) is 3.79 Å². The van der Waals surface area contributed by atoms with Gasteiger partial charge in [0, 0.05) is 19.8 Å². The fourth-order valence-corrected chi connectivity index (χ4v) is 4.68. The van der Waals surface area contributed by atoms with Crippen LogP contribution in [0.5, 0.6) is 0 Å². The van der Waals surface area contributed by atoms with Gasteiger partial charge in [-0.25, -0.2) is 13.1 Å². The quantitative estimate of drug-likeness (QED) is 0.716. The molecule has 1 aromatic rings. The third-order valence-corrected chi connectivity index (χ3v) is 6.38. The lowest BCUT2D eigenvalue weighted by molar-refractivity contribution is 0.108. The standard InChI is InChI=1S/C12H20BrNO3S2/c1-9(2)8-17-6-4-5-14-19(15,16)11-7-10(3)12(13)18-11/h7,9,14H,4-6,8H2,1-3H3. The highest BCUT2D eigenvalue weighted by Crippen LogP contribution is 2.30. The van der Waals surface area contributed by atoms with Crippen LogP contribution >= 0.6 is 27.3 Å². The van der Waals surface area contributed by atoms with Crippen LogP contribution in [-0.4, -0.2) is 28.2 Å².